The molecule has 4 heteroatoms. The van der Waals surface area contributed by atoms with Crippen molar-refractivity contribution in [3.05, 3.63) is 24.3 Å². The summed E-state index contributed by atoms with van der Waals surface area (Å²) in [7, 11) is -1.09. The minimum atomic E-state index is -3.07. The third-order valence-corrected chi connectivity index (χ3v) is 4.24. The van der Waals surface area contributed by atoms with Gasteiger partial charge in [-0.3, -0.25) is 0 Å². The monoisotopic (exact) mass is 227 g/mol. The van der Waals surface area contributed by atoms with Gasteiger partial charge in [-0.25, -0.2) is 8.42 Å². The number of sulfone groups is 1. The van der Waals surface area contributed by atoms with Crippen molar-refractivity contribution in [3.63, 3.8) is 0 Å². The molecule has 84 valence electrons. The first-order valence-corrected chi connectivity index (χ1v) is 6.70. The average molecular weight is 227 g/mol. The van der Waals surface area contributed by atoms with E-state index in [2.05, 4.69) is 11.8 Å². The summed E-state index contributed by atoms with van der Waals surface area (Å²) in [5.74, 6) is 0.149. The van der Waals surface area contributed by atoms with Crippen molar-refractivity contribution in [2.24, 2.45) is 0 Å². The molecule has 0 saturated carbocycles. The van der Waals surface area contributed by atoms with Gasteiger partial charge in [-0.1, -0.05) is 6.92 Å². The molecule has 0 spiro atoms. The molecule has 0 saturated heterocycles. The molecule has 0 radical (unpaired) electrons. The quantitative estimate of drug-likeness (QED) is 0.789. The van der Waals surface area contributed by atoms with Crippen LogP contribution in [0.1, 0.15) is 13.8 Å². The van der Waals surface area contributed by atoms with Crippen LogP contribution in [0, 0.1) is 0 Å². The van der Waals surface area contributed by atoms with Gasteiger partial charge in [0.2, 0.25) is 0 Å². The van der Waals surface area contributed by atoms with E-state index < -0.39 is 9.84 Å². The average Bonchev–Trinajstić information content (AvgIpc) is 2.28. The summed E-state index contributed by atoms with van der Waals surface area (Å²) in [5.41, 5.74) is 1.03. The van der Waals surface area contributed by atoms with Crippen molar-refractivity contribution >= 4 is 15.5 Å². The fourth-order valence-corrected chi connectivity index (χ4v) is 2.14. The summed E-state index contributed by atoms with van der Waals surface area (Å²) in [6.07, 6.45) is 0. The van der Waals surface area contributed by atoms with Crippen LogP contribution in [-0.2, 0) is 9.84 Å². The van der Waals surface area contributed by atoms with Gasteiger partial charge in [-0.05, 0) is 31.2 Å². The minimum absolute atomic E-state index is 0.149. The number of nitrogens with zero attached hydrogens (tertiary/aromatic N) is 1. The van der Waals surface area contributed by atoms with Gasteiger partial charge in [-0.15, -0.1) is 0 Å². The van der Waals surface area contributed by atoms with Crippen molar-refractivity contribution in [3.8, 4) is 0 Å². The lowest BCUT2D eigenvalue weighted by molar-refractivity contribution is 0.597. The summed E-state index contributed by atoms with van der Waals surface area (Å²) in [4.78, 5) is 2.46. The number of anilines is 1. The highest BCUT2D eigenvalue weighted by Gasteiger charge is 2.10. The molecule has 3 nitrogen and oxygen atoms in total. The zero-order valence-corrected chi connectivity index (χ0v) is 10.2. The maximum atomic E-state index is 11.5. The molecule has 0 fully saturated rings. The highest BCUT2D eigenvalue weighted by Crippen LogP contribution is 2.17. The van der Waals surface area contributed by atoms with Crippen LogP contribution in [0.3, 0.4) is 0 Å². The fraction of sp³-hybridized carbons (Fsp3) is 0.455. The van der Waals surface area contributed by atoms with Crippen molar-refractivity contribution in [1.29, 1.82) is 0 Å². The second-order valence-corrected chi connectivity index (χ2v) is 5.69. The molecule has 0 aromatic heterocycles. The van der Waals surface area contributed by atoms with Crippen molar-refractivity contribution in [2.75, 3.05) is 24.2 Å². The van der Waals surface area contributed by atoms with E-state index in [-0.39, 0.29) is 5.75 Å². The minimum Gasteiger partial charge on any atom is -0.375 e. The van der Waals surface area contributed by atoms with Crippen LogP contribution >= 0.6 is 0 Å². The summed E-state index contributed by atoms with van der Waals surface area (Å²) < 4.78 is 23.1. The maximum absolute atomic E-state index is 11.5. The van der Waals surface area contributed by atoms with Gasteiger partial charge in [0.05, 0.1) is 10.6 Å². The summed E-state index contributed by atoms with van der Waals surface area (Å²) >= 11 is 0. The molecular weight excluding hydrogens is 210 g/mol. The number of hydrogen-bond acceptors (Lipinski definition) is 3. The van der Waals surface area contributed by atoms with E-state index in [1.54, 1.807) is 19.1 Å². The zero-order valence-electron chi connectivity index (χ0n) is 9.40. The second kappa shape index (κ2) is 4.66. The standard InChI is InChI=1S/C11H17NO2S/c1-4-12(3)10-6-8-11(9-7-10)15(13,14)5-2/h6-9H,4-5H2,1-3H3. The Hall–Kier alpha value is -1.03. The highest BCUT2D eigenvalue weighted by atomic mass is 32.2. The van der Waals surface area contributed by atoms with Crippen LogP contribution in [0.5, 0.6) is 0 Å². The molecule has 0 N–H and O–H groups in total. The Labute approximate surface area is 91.6 Å². The maximum Gasteiger partial charge on any atom is 0.178 e. The Bertz CT molecular complexity index is 409. The lowest BCUT2D eigenvalue weighted by atomic mass is 10.3. The van der Waals surface area contributed by atoms with Crippen LogP contribution in [0.15, 0.2) is 29.2 Å². The molecule has 0 atom stereocenters. The predicted octanol–water partition coefficient (Wildman–Crippen LogP) is 1.94. The molecule has 0 unspecified atom stereocenters. The van der Waals surface area contributed by atoms with Gasteiger partial charge >= 0.3 is 0 Å². The second-order valence-electron chi connectivity index (χ2n) is 3.41. The zero-order chi connectivity index (χ0) is 11.5. The Morgan fingerprint density at radius 2 is 1.67 bits per heavy atom. The fourth-order valence-electron chi connectivity index (χ4n) is 1.26. The molecular formula is C11H17NO2S. The van der Waals surface area contributed by atoms with Gasteiger partial charge < -0.3 is 4.90 Å². The molecule has 1 rings (SSSR count). The van der Waals surface area contributed by atoms with E-state index in [0.29, 0.717) is 4.90 Å². The Balaban J connectivity index is 3.00. The Kier molecular flexibility index (Phi) is 3.74. The molecule has 1 aromatic rings. The SMILES string of the molecule is CCN(C)c1ccc(S(=O)(=O)CC)cc1. The highest BCUT2D eigenvalue weighted by molar-refractivity contribution is 7.91. The van der Waals surface area contributed by atoms with Gasteiger partial charge in [0.15, 0.2) is 9.84 Å². The van der Waals surface area contributed by atoms with Crippen molar-refractivity contribution in [1.82, 2.24) is 0 Å². The van der Waals surface area contributed by atoms with E-state index >= 15 is 0 Å². The topological polar surface area (TPSA) is 37.4 Å². The summed E-state index contributed by atoms with van der Waals surface area (Å²) in [5, 5.41) is 0. The van der Waals surface area contributed by atoms with E-state index in [1.165, 1.54) is 0 Å². The van der Waals surface area contributed by atoms with Gasteiger partial charge in [-0.2, -0.15) is 0 Å². The van der Waals surface area contributed by atoms with Gasteiger partial charge in [0, 0.05) is 19.3 Å². The van der Waals surface area contributed by atoms with Crippen LogP contribution in [0.2, 0.25) is 0 Å². The van der Waals surface area contributed by atoms with Crippen LogP contribution in [0.25, 0.3) is 0 Å². The third kappa shape index (κ3) is 2.72. The first kappa shape index (κ1) is 12.0. The molecule has 1 aromatic carbocycles. The molecule has 0 bridgehead atoms. The summed E-state index contributed by atoms with van der Waals surface area (Å²) in [6, 6.07) is 7.01. The summed E-state index contributed by atoms with van der Waals surface area (Å²) in [6.45, 7) is 4.61. The first-order valence-electron chi connectivity index (χ1n) is 5.05. The van der Waals surface area contributed by atoms with E-state index in [4.69, 9.17) is 0 Å². The molecule has 0 heterocycles. The van der Waals surface area contributed by atoms with Gasteiger partial charge in [0.25, 0.3) is 0 Å². The number of hydrogen-bond donors (Lipinski definition) is 0. The lowest BCUT2D eigenvalue weighted by Gasteiger charge is -2.16. The first-order chi connectivity index (χ1) is 7.01. The van der Waals surface area contributed by atoms with Gasteiger partial charge in [0.1, 0.15) is 0 Å². The van der Waals surface area contributed by atoms with Crippen LogP contribution in [-0.4, -0.2) is 27.8 Å². The van der Waals surface area contributed by atoms with E-state index in [0.717, 1.165) is 12.2 Å². The van der Waals surface area contributed by atoms with Crippen molar-refractivity contribution < 1.29 is 8.42 Å². The smallest absolute Gasteiger partial charge is 0.178 e. The third-order valence-electron chi connectivity index (χ3n) is 2.49. The molecule has 0 aliphatic carbocycles. The lowest BCUT2D eigenvalue weighted by Crippen LogP contribution is -2.15. The van der Waals surface area contributed by atoms with E-state index in [9.17, 15) is 8.42 Å². The number of rotatable bonds is 4. The van der Waals surface area contributed by atoms with E-state index in [1.807, 2.05) is 19.2 Å². The molecule has 15 heavy (non-hydrogen) atoms. The normalized spacial score (nSPS) is 11.4. The number of benzene rings is 1. The molecule has 0 aliphatic heterocycles. The Morgan fingerprint density at radius 3 is 2.07 bits per heavy atom. The van der Waals surface area contributed by atoms with Crippen LogP contribution < -0.4 is 4.90 Å². The largest absolute Gasteiger partial charge is 0.375 e. The van der Waals surface area contributed by atoms with Crippen molar-refractivity contribution in [2.45, 2.75) is 18.7 Å². The molecule has 0 aliphatic rings. The Morgan fingerprint density at radius 1 is 1.13 bits per heavy atom. The van der Waals surface area contributed by atoms with Crippen LogP contribution in [0.4, 0.5) is 5.69 Å². The molecule has 0 amide bonds. The predicted molar refractivity (Wildman–Crippen MR) is 63.1 cm³/mol.